The first kappa shape index (κ1) is 16.9. The molecule has 0 aromatic heterocycles. The van der Waals surface area contributed by atoms with Gasteiger partial charge in [-0.15, -0.1) is 0 Å². The lowest BCUT2D eigenvalue weighted by Crippen LogP contribution is -2.51. The molecule has 0 saturated heterocycles. The molecule has 0 aliphatic heterocycles. The fourth-order valence-corrected chi connectivity index (χ4v) is 1.77. The van der Waals surface area contributed by atoms with Crippen LogP contribution in [0.3, 0.4) is 0 Å². The third-order valence-corrected chi connectivity index (χ3v) is 3.34. The van der Waals surface area contributed by atoms with E-state index in [0.29, 0.717) is 18.9 Å². The Kier molecular flexibility index (Phi) is 6.32. The summed E-state index contributed by atoms with van der Waals surface area (Å²) in [5.74, 6) is -0.585. The van der Waals surface area contributed by atoms with Gasteiger partial charge in [0.25, 0.3) is 0 Å². The van der Waals surface area contributed by atoms with Gasteiger partial charge >= 0.3 is 5.97 Å². The van der Waals surface area contributed by atoms with E-state index >= 15 is 0 Å². The Balaban J connectivity index is 4.61. The smallest absolute Gasteiger partial charge is 0.329 e. The van der Waals surface area contributed by atoms with Crippen molar-refractivity contribution in [3.8, 4) is 0 Å². The Morgan fingerprint density at radius 1 is 1.33 bits per heavy atom. The number of likely N-dealkylation sites (N-methyl/N-ethyl adjacent to an activating group) is 1. The van der Waals surface area contributed by atoms with E-state index < -0.39 is 11.5 Å². The van der Waals surface area contributed by atoms with E-state index in [1.54, 1.807) is 0 Å². The molecule has 0 rings (SSSR count). The van der Waals surface area contributed by atoms with E-state index in [1.165, 1.54) is 25.8 Å². The summed E-state index contributed by atoms with van der Waals surface area (Å²) >= 11 is 0. The molecule has 0 heterocycles. The van der Waals surface area contributed by atoms with Crippen molar-refractivity contribution in [1.29, 1.82) is 0 Å². The number of nitrogens with two attached hydrogens (primary N) is 1. The van der Waals surface area contributed by atoms with Crippen molar-refractivity contribution in [2.24, 2.45) is 17.6 Å². The molecule has 0 aliphatic rings. The molecule has 0 fully saturated rings. The van der Waals surface area contributed by atoms with Gasteiger partial charge in [0.05, 0.1) is 0 Å². The van der Waals surface area contributed by atoms with Crippen LogP contribution in [0.1, 0.15) is 40.5 Å². The maximum absolute atomic E-state index is 12.1. The van der Waals surface area contributed by atoms with E-state index in [1.807, 2.05) is 0 Å². The van der Waals surface area contributed by atoms with E-state index in [0.717, 1.165) is 6.42 Å². The lowest BCUT2D eigenvalue weighted by atomic mass is 9.93. The quantitative estimate of drug-likeness (QED) is 0.721. The highest BCUT2D eigenvalue weighted by Gasteiger charge is 2.35. The van der Waals surface area contributed by atoms with E-state index in [-0.39, 0.29) is 11.8 Å². The molecule has 0 unspecified atom stereocenters. The molecule has 0 aliphatic carbocycles. The van der Waals surface area contributed by atoms with Crippen molar-refractivity contribution < 1.29 is 14.7 Å². The summed E-state index contributed by atoms with van der Waals surface area (Å²) in [4.78, 5) is 24.4. The molecular weight excluding hydrogens is 232 g/mol. The molecule has 5 heteroatoms. The van der Waals surface area contributed by atoms with Crippen LogP contribution in [0.25, 0.3) is 0 Å². The Morgan fingerprint density at radius 3 is 2.17 bits per heavy atom. The number of amides is 1. The Morgan fingerprint density at radius 2 is 1.83 bits per heavy atom. The van der Waals surface area contributed by atoms with Gasteiger partial charge in [0.15, 0.2) is 0 Å². The van der Waals surface area contributed by atoms with Gasteiger partial charge in [-0.05, 0) is 38.6 Å². The predicted octanol–water partition coefficient (Wildman–Crippen LogP) is 1.32. The molecule has 0 radical (unpaired) electrons. The van der Waals surface area contributed by atoms with Crippen LogP contribution in [0.4, 0.5) is 0 Å². The first-order valence-corrected chi connectivity index (χ1v) is 6.33. The second kappa shape index (κ2) is 6.73. The molecule has 5 nitrogen and oxygen atoms in total. The first-order valence-electron chi connectivity index (χ1n) is 6.33. The largest absolute Gasteiger partial charge is 0.480 e. The molecule has 106 valence electrons. The average Bonchev–Trinajstić information content (AvgIpc) is 2.25. The molecule has 1 amide bonds. The molecule has 3 N–H and O–H groups in total. The first-order chi connectivity index (χ1) is 8.12. The van der Waals surface area contributed by atoms with Gasteiger partial charge in [0, 0.05) is 13.5 Å². The van der Waals surface area contributed by atoms with Crippen LogP contribution in [0.5, 0.6) is 0 Å². The molecule has 0 saturated carbocycles. The highest BCUT2D eigenvalue weighted by Crippen LogP contribution is 2.19. The number of carbonyl (C=O) groups is 2. The number of hydrogen-bond donors (Lipinski definition) is 2. The number of nitrogens with zero attached hydrogens (tertiary/aromatic N) is 1. The minimum absolute atomic E-state index is 0.115. The Hall–Kier alpha value is -1.10. The Bertz CT molecular complexity index is 301. The number of rotatable bonds is 7. The van der Waals surface area contributed by atoms with Crippen LogP contribution in [0, 0.1) is 11.8 Å². The zero-order valence-corrected chi connectivity index (χ0v) is 12.1. The molecule has 0 bridgehead atoms. The number of carboxylic acid groups (broad SMARTS) is 1. The van der Waals surface area contributed by atoms with Crippen molar-refractivity contribution in [2.75, 3.05) is 13.6 Å². The number of hydrogen-bond acceptors (Lipinski definition) is 3. The van der Waals surface area contributed by atoms with Gasteiger partial charge in [-0.1, -0.05) is 13.8 Å². The SMILES string of the molecule is CC(C)C[C@H](CN)CC(=O)N(C)C(C)(C)C(=O)O. The second-order valence-electron chi connectivity index (χ2n) is 5.75. The van der Waals surface area contributed by atoms with Crippen LogP contribution in [0.15, 0.2) is 0 Å². The number of carboxylic acids is 1. The lowest BCUT2D eigenvalue weighted by molar-refractivity contribution is -0.155. The van der Waals surface area contributed by atoms with E-state index in [4.69, 9.17) is 10.8 Å². The van der Waals surface area contributed by atoms with Gasteiger partial charge in [0.2, 0.25) is 5.91 Å². The highest BCUT2D eigenvalue weighted by atomic mass is 16.4. The summed E-state index contributed by atoms with van der Waals surface area (Å²) in [5.41, 5.74) is 4.46. The topological polar surface area (TPSA) is 83.6 Å². The van der Waals surface area contributed by atoms with Gasteiger partial charge < -0.3 is 15.7 Å². The number of aliphatic carboxylic acids is 1. The van der Waals surface area contributed by atoms with Crippen molar-refractivity contribution in [3.63, 3.8) is 0 Å². The van der Waals surface area contributed by atoms with Gasteiger partial charge in [-0.3, -0.25) is 4.79 Å². The van der Waals surface area contributed by atoms with Crippen LogP contribution < -0.4 is 5.73 Å². The highest BCUT2D eigenvalue weighted by molar-refractivity contribution is 5.86. The average molecular weight is 258 g/mol. The summed E-state index contributed by atoms with van der Waals surface area (Å²) in [6, 6.07) is 0. The molecule has 0 aromatic rings. The van der Waals surface area contributed by atoms with Crippen LogP contribution >= 0.6 is 0 Å². The summed E-state index contributed by atoms with van der Waals surface area (Å²) in [6.45, 7) is 7.65. The van der Waals surface area contributed by atoms with Crippen molar-refractivity contribution in [1.82, 2.24) is 4.90 Å². The minimum Gasteiger partial charge on any atom is -0.480 e. The third-order valence-electron chi connectivity index (χ3n) is 3.34. The zero-order valence-electron chi connectivity index (χ0n) is 12.1. The monoisotopic (exact) mass is 258 g/mol. The van der Waals surface area contributed by atoms with Crippen LogP contribution in [-0.4, -0.2) is 41.0 Å². The predicted molar refractivity (Wildman–Crippen MR) is 71.1 cm³/mol. The fraction of sp³-hybridized carbons (Fsp3) is 0.846. The molecular formula is C13H26N2O3. The van der Waals surface area contributed by atoms with Crippen LogP contribution in [0.2, 0.25) is 0 Å². The van der Waals surface area contributed by atoms with Crippen molar-refractivity contribution in [3.05, 3.63) is 0 Å². The molecule has 1 atom stereocenters. The standard InChI is InChI=1S/C13H26N2O3/c1-9(2)6-10(8-14)7-11(16)15(5)13(3,4)12(17)18/h9-10H,6-8,14H2,1-5H3,(H,17,18)/t10-/m0/s1. The van der Waals surface area contributed by atoms with Gasteiger partial charge in [0.1, 0.15) is 5.54 Å². The van der Waals surface area contributed by atoms with E-state index in [2.05, 4.69) is 13.8 Å². The van der Waals surface area contributed by atoms with Crippen LogP contribution in [-0.2, 0) is 9.59 Å². The van der Waals surface area contributed by atoms with Crippen molar-refractivity contribution >= 4 is 11.9 Å². The van der Waals surface area contributed by atoms with Gasteiger partial charge in [-0.2, -0.15) is 0 Å². The second-order valence-corrected chi connectivity index (χ2v) is 5.75. The fourth-order valence-electron chi connectivity index (χ4n) is 1.77. The summed E-state index contributed by atoms with van der Waals surface area (Å²) < 4.78 is 0. The molecule has 18 heavy (non-hydrogen) atoms. The lowest BCUT2D eigenvalue weighted by Gasteiger charge is -2.32. The number of carbonyl (C=O) groups excluding carboxylic acids is 1. The minimum atomic E-state index is -1.19. The van der Waals surface area contributed by atoms with E-state index in [9.17, 15) is 9.59 Å². The van der Waals surface area contributed by atoms with Crippen molar-refractivity contribution in [2.45, 2.75) is 46.1 Å². The molecule has 0 spiro atoms. The molecule has 0 aromatic carbocycles. The summed E-state index contributed by atoms with van der Waals surface area (Å²) in [6.07, 6.45) is 1.19. The maximum Gasteiger partial charge on any atom is 0.329 e. The zero-order chi connectivity index (χ0) is 14.5. The summed E-state index contributed by atoms with van der Waals surface area (Å²) in [7, 11) is 1.53. The normalized spacial score (nSPS) is 13.5. The Labute approximate surface area is 109 Å². The third kappa shape index (κ3) is 4.64. The maximum atomic E-state index is 12.1. The summed E-state index contributed by atoms with van der Waals surface area (Å²) in [5, 5.41) is 9.08. The van der Waals surface area contributed by atoms with Gasteiger partial charge in [-0.25, -0.2) is 4.79 Å².